The number of halogens is 2. The molecular formula is C16H17ClFNS. The Kier molecular flexibility index (Phi) is 5.46. The summed E-state index contributed by atoms with van der Waals surface area (Å²) in [5, 5.41) is 0.737. The Hall–Kier alpha value is -1.03. The SMILES string of the molecule is CCC(N)Cc1c(Cl)cccc1Sc1ccc(F)cc1. The van der Waals surface area contributed by atoms with Crippen LogP contribution in [0, 0.1) is 5.82 Å². The molecule has 1 unspecified atom stereocenters. The molecule has 0 heterocycles. The van der Waals surface area contributed by atoms with E-state index in [4.69, 9.17) is 17.3 Å². The van der Waals surface area contributed by atoms with Gasteiger partial charge in [-0.2, -0.15) is 0 Å². The molecule has 0 aliphatic carbocycles. The lowest BCUT2D eigenvalue weighted by atomic mass is 10.0. The number of benzene rings is 2. The van der Waals surface area contributed by atoms with E-state index in [-0.39, 0.29) is 11.9 Å². The summed E-state index contributed by atoms with van der Waals surface area (Å²) in [7, 11) is 0. The molecule has 1 nitrogen and oxygen atoms in total. The maximum atomic E-state index is 12.9. The van der Waals surface area contributed by atoms with Crippen LogP contribution in [0.2, 0.25) is 5.02 Å². The minimum Gasteiger partial charge on any atom is -0.327 e. The minimum absolute atomic E-state index is 0.0995. The molecule has 4 heteroatoms. The van der Waals surface area contributed by atoms with E-state index < -0.39 is 0 Å². The van der Waals surface area contributed by atoms with Gasteiger partial charge in [-0.05, 0) is 54.8 Å². The maximum absolute atomic E-state index is 12.9. The summed E-state index contributed by atoms with van der Waals surface area (Å²) in [6, 6.07) is 12.4. The van der Waals surface area contributed by atoms with Crippen LogP contribution in [0.5, 0.6) is 0 Å². The first kappa shape index (κ1) is 15.4. The second kappa shape index (κ2) is 7.11. The van der Waals surface area contributed by atoms with Gasteiger partial charge in [-0.25, -0.2) is 4.39 Å². The molecule has 106 valence electrons. The predicted molar refractivity (Wildman–Crippen MR) is 83.9 cm³/mol. The van der Waals surface area contributed by atoms with Gasteiger partial charge >= 0.3 is 0 Å². The highest BCUT2D eigenvalue weighted by atomic mass is 35.5. The third-order valence-electron chi connectivity index (χ3n) is 3.11. The van der Waals surface area contributed by atoms with Gasteiger partial charge in [0.25, 0.3) is 0 Å². The van der Waals surface area contributed by atoms with Gasteiger partial charge in [0.15, 0.2) is 0 Å². The van der Waals surface area contributed by atoms with Crippen molar-refractivity contribution >= 4 is 23.4 Å². The van der Waals surface area contributed by atoms with Crippen molar-refractivity contribution in [2.45, 2.75) is 35.6 Å². The van der Waals surface area contributed by atoms with Crippen LogP contribution in [-0.4, -0.2) is 6.04 Å². The summed E-state index contributed by atoms with van der Waals surface area (Å²) < 4.78 is 12.9. The standard InChI is InChI=1S/C16H17ClFNS/c1-2-12(19)10-14-15(17)4-3-5-16(14)20-13-8-6-11(18)7-9-13/h3-9,12H,2,10,19H2,1H3. The molecular weight excluding hydrogens is 293 g/mol. The molecule has 0 fully saturated rings. The van der Waals surface area contributed by atoms with Crippen LogP contribution in [0.3, 0.4) is 0 Å². The van der Waals surface area contributed by atoms with Crippen molar-refractivity contribution in [2.24, 2.45) is 5.73 Å². The van der Waals surface area contributed by atoms with E-state index in [0.717, 1.165) is 33.2 Å². The zero-order valence-electron chi connectivity index (χ0n) is 11.3. The van der Waals surface area contributed by atoms with Gasteiger partial charge in [-0.1, -0.05) is 36.4 Å². The van der Waals surface area contributed by atoms with Crippen molar-refractivity contribution in [3.8, 4) is 0 Å². The van der Waals surface area contributed by atoms with Gasteiger partial charge in [0.1, 0.15) is 5.82 Å². The Morgan fingerprint density at radius 3 is 2.55 bits per heavy atom. The molecule has 0 bridgehead atoms. The molecule has 0 aliphatic rings. The fraction of sp³-hybridized carbons (Fsp3) is 0.250. The molecule has 2 rings (SSSR count). The molecule has 0 aromatic heterocycles. The molecule has 0 saturated heterocycles. The van der Waals surface area contributed by atoms with E-state index in [2.05, 4.69) is 6.92 Å². The number of nitrogens with two attached hydrogens (primary N) is 1. The van der Waals surface area contributed by atoms with E-state index in [1.165, 1.54) is 12.1 Å². The second-order valence-electron chi connectivity index (χ2n) is 4.64. The summed E-state index contributed by atoms with van der Waals surface area (Å²) in [5.41, 5.74) is 7.11. The average Bonchev–Trinajstić information content (AvgIpc) is 2.45. The summed E-state index contributed by atoms with van der Waals surface area (Å²) in [5.74, 6) is -0.228. The molecule has 2 aromatic carbocycles. The molecule has 20 heavy (non-hydrogen) atoms. The van der Waals surface area contributed by atoms with Gasteiger partial charge in [0, 0.05) is 20.9 Å². The highest BCUT2D eigenvalue weighted by molar-refractivity contribution is 7.99. The molecule has 2 N–H and O–H groups in total. The van der Waals surface area contributed by atoms with E-state index in [1.54, 1.807) is 23.9 Å². The van der Waals surface area contributed by atoms with Crippen molar-refractivity contribution in [2.75, 3.05) is 0 Å². The lowest BCUT2D eigenvalue weighted by Crippen LogP contribution is -2.21. The van der Waals surface area contributed by atoms with Crippen LogP contribution in [0.4, 0.5) is 4.39 Å². The van der Waals surface area contributed by atoms with E-state index in [9.17, 15) is 4.39 Å². The van der Waals surface area contributed by atoms with Crippen LogP contribution in [0.25, 0.3) is 0 Å². The Morgan fingerprint density at radius 2 is 1.90 bits per heavy atom. The minimum atomic E-state index is -0.228. The fourth-order valence-electron chi connectivity index (χ4n) is 1.87. The zero-order chi connectivity index (χ0) is 14.5. The van der Waals surface area contributed by atoms with Gasteiger partial charge in [-0.15, -0.1) is 0 Å². The van der Waals surface area contributed by atoms with Crippen molar-refractivity contribution < 1.29 is 4.39 Å². The highest BCUT2D eigenvalue weighted by Crippen LogP contribution is 2.34. The Balaban J connectivity index is 2.26. The zero-order valence-corrected chi connectivity index (χ0v) is 12.8. The molecule has 2 aromatic rings. The molecule has 0 spiro atoms. The van der Waals surface area contributed by atoms with Crippen molar-refractivity contribution in [1.82, 2.24) is 0 Å². The monoisotopic (exact) mass is 309 g/mol. The van der Waals surface area contributed by atoms with Gasteiger partial charge in [-0.3, -0.25) is 0 Å². The van der Waals surface area contributed by atoms with Crippen LogP contribution in [-0.2, 0) is 6.42 Å². The second-order valence-corrected chi connectivity index (χ2v) is 6.17. The third kappa shape index (κ3) is 3.98. The van der Waals surface area contributed by atoms with Crippen LogP contribution in [0.1, 0.15) is 18.9 Å². The maximum Gasteiger partial charge on any atom is 0.123 e. The number of hydrogen-bond donors (Lipinski definition) is 1. The van der Waals surface area contributed by atoms with E-state index in [0.29, 0.717) is 0 Å². The topological polar surface area (TPSA) is 26.0 Å². The summed E-state index contributed by atoms with van der Waals surface area (Å²) in [4.78, 5) is 2.06. The van der Waals surface area contributed by atoms with Crippen LogP contribution < -0.4 is 5.73 Å². The Morgan fingerprint density at radius 1 is 1.20 bits per heavy atom. The molecule has 1 atom stereocenters. The summed E-state index contributed by atoms with van der Waals surface area (Å²) in [6.45, 7) is 2.06. The van der Waals surface area contributed by atoms with Gasteiger partial charge < -0.3 is 5.73 Å². The van der Waals surface area contributed by atoms with E-state index in [1.807, 2.05) is 18.2 Å². The predicted octanol–water partition coefficient (Wildman–Crippen LogP) is 4.91. The van der Waals surface area contributed by atoms with Crippen molar-refractivity contribution in [3.63, 3.8) is 0 Å². The smallest absolute Gasteiger partial charge is 0.123 e. The number of rotatable bonds is 5. The highest BCUT2D eigenvalue weighted by Gasteiger charge is 2.11. The Bertz CT molecular complexity index is 571. The van der Waals surface area contributed by atoms with Crippen LogP contribution >= 0.6 is 23.4 Å². The third-order valence-corrected chi connectivity index (χ3v) is 4.57. The lowest BCUT2D eigenvalue weighted by molar-refractivity contribution is 0.626. The van der Waals surface area contributed by atoms with Crippen molar-refractivity contribution in [3.05, 3.63) is 58.9 Å². The molecule has 0 amide bonds. The summed E-state index contributed by atoms with van der Waals surface area (Å²) in [6.07, 6.45) is 1.66. The van der Waals surface area contributed by atoms with Crippen molar-refractivity contribution in [1.29, 1.82) is 0 Å². The number of hydrogen-bond acceptors (Lipinski definition) is 2. The fourth-order valence-corrected chi connectivity index (χ4v) is 3.17. The molecule has 0 saturated carbocycles. The van der Waals surface area contributed by atoms with Gasteiger partial charge in [0.2, 0.25) is 0 Å². The van der Waals surface area contributed by atoms with Gasteiger partial charge in [0.05, 0.1) is 0 Å². The first-order valence-corrected chi connectivity index (χ1v) is 7.76. The first-order valence-electron chi connectivity index (χ1n) is 6.56. The Labute approximate surface area is 128 Å². The molecule has 0 radical (unpaired) electrons. The average molecular weight is 310 g/mol. The van der Waals surface area contributed by atoms with Crippen LogP contribution in [0.15, 0.2) is 52.3 Å². The normalized spacial score (nSPS) is 12.4. The largest absolute Gasteiger partial charge is 0.327 e. The first-order chi connectivity index (χ1) is 9.60. The summed E-state index contributed by atoms with van der Waals surface area (Å²) >= 11 is 7.88. The van der Waals surface area contributed by atoms with E-state index >= 15 is 0 Å². The lowest BCUT2D eigenvalue weighted by Gasteiger charge is -2.14. The molecule has 0 aliphatic heterocycles. The quantitative estimate of drug-likeness (QED) is 0.849.